The molecule has 4 nitrogen and oxygen atoms in total. The second kappa shape index (κ2) is 14.4. The fourth-order valence-electron chi connectivity index (χ4n) is 0.408. The normalized spacial score (nSPS) is 7.54. The van der Waals surface area contributed by atoms with Crippen molar-refractivity contribution in [3.8, 4) is 0 Å². The fourth-order valence-corrected chi connectivity index (χ4v) is 0.408. The Balaban J connectivity index is -0.000000143. The third-order valence-electron chi connectivity index (χ3n) is 0.908. The zero-order valence-corrected chi connectivity index (χ0v) is 10.4. The van der Waals surface area contributed by atoms with E-state index in [1.807, 2.05) is 0 Å². The minimum atomic E-state index is -0.961. The molecule has 0 aliphatic rings. The summed E-state index contributed by atoms with van der Waals surface area (Å²) >= 11 is 0. The maximum Gasteiger partial charge on any atom is 2.00 e. The molecule has 74 valence electrons. The second-order valence-electron chi connectivity index (χ2n) is 2.24. The van der Waals surface area contributed by atoms with Crippen LogP contribution in [-0.2, 0) is 35.8 Å². The first-order chi connectivity index (χ1) is 5.54. The molecule has 0 heterocycles. The van der Waals surface area contributed by atoms with E-state index in [0.29, 0.717) is 12.8 Å². The molecular weight excluding hydrogens is 251 g/mol. The van der Waals surface area contributed by atoms with Crippen molar-refractivity contribution in [1.82, 2.24) is 0 Å². The van der Waals surface area contributed by atoms with Gasteiger partial charge in [0.05, 0.1) is 0 Å². The number of carboxylic acids is 2. The van der Waals surface area contributed by atoms with Crippen LogP contribution in [0.2, 0.25) is 0 Å². The Morgan fingerprint density at radius 2 is 1.15 bits per heavy atom. The van der Waals surface area contributed by atoms with Crippen LogP contribution >= 0.6 is 0 Å². The van der Waals surface area contributed by atoms with Crippen molar-refractivity contribution in [1.29, 1.82) is 0 Å². The SMILES string of the molecule is CCCC(=O)[O-].CCCC(=O)[O-].[Zr+2]. The minimum Gasteiger partial charge on any atom is -0.550 e. The summed E-state index contributed by atoms with van der Waals surface area (Å²) in [5.41, 5.74) is 0. The van der Waals surface area contributed by atoms with Crippen molar-refractivity contribution in [2.75, 3.05) is 0 Å². The van der Waals surface area contributed by atoms with Crippen LogP contribution in [0.1, 0.15) is 39.5 Å². The number of hydrogen-bond donors (Lipinski definition) is 0. The number of carbonyl (C=O) groups excluding carboxylic acids is 2. The molecule has 0 N–H and O–H groups in total. The first-order valence-corrected chi connectivity index (χ1v) is 3.94. The summed E-state index contributed by atoms with van der Waals surface area (Å²) in [6, 6.07) is 0. The standard InChI is InChI=1S/2C4H8O2.Zr/c2*1-2-3-4(5)6;/h2*2-3H2,1H3,(H,5,6);/q;;+2/p-2. The van der Waals surface area contributed by atoms with E-state index in [0.717, 1.165) is 0 Å². The van der Waals surface area contributed by atoms with Gasteiger partial charge in [-0.15, -0.1) is 0 Å². The number of hydrogen-bond acceptors (Lipinski definition) is 4. The van der Waals surface area contributed by atoms with Gasteiger partial charge in [0.1, 0.15) is 0 Å². The van der Waals surface area contributed by atoms with Crippen molar-refractivity contribution >= 4 is 11.9 Å². The van der Waals surface area contributed by atoms with Gasteiger partial charge >= 0.3 is 26.2 Å². The van der Waals surface area contributed by atoms with Crippen LogP contribution < -0.4 is 10.2 Å². The van der Waals surface area contributed by atoms with Crippen molar-refractivity contribution in [3.05, 3.63) is 0 Å². The molecule has 0 bridgehead atoms. The van der Waals surface area contributed by atoms with Crippen LogP contribution in [0.25, 0.3) is 0 Å². The zero-order valence-electron chi connectivity index (χ0n) is 7.96. The van der Waals surface area contributed by atoms with Gasteiger partial charge in [-0.25, -0.2) is 0 Å². The summed E-state index contributed by atoms with van der Waals surface area (Å²) < 4.78 is 0. The van der Waals surface area contributed by atoms with Crippen LogP contribution in [0, 0.1) is 0 Å². The quantitative estimate of drug-likeness (QED) is 0.658. The van der Waals surface area contributed by atoms with Crippen LogP contribution in [0.15, 0.2) is 0 Å². The number of aliphatic carboxylic acids is 2. The first kappa shape index (κ1) is 18.6. The summed E-state index contributed by atoms with van der Waals surface area (Å²) in [5.74, 6) is -1.92. The summed E-state index contributed by atoms with van der Waals surface area (Å²) in [5, 5.41) is 19.0. The van der Waals surface area contributed by atoms with Gasteiger partial charge in [-0.1, -0.05) is 26.7 Å². The van der Waals surface area contributed by atoms with E-state index in [1.54, 1.807) is 13.8 Å². The van der Waals surface area contributed by atoms with E-state index in [1.165, 1.54) is 0 Å². The molecule has 0 aromatic heterocycles. The van der Waals surface area contributed by atoms with Crippen molar-refractivity contribution < 1.29 is 46.0 Å². The molecule has 0 aliphatic heterocycles. The Bertz CT molecular complexity index is 120. The van der Waals surface area contributed by atoms with E-state index < -0.39 is 11.9 Å². The van der Waals surface area contributed by atoms with E-state index >= 15 is 0 Å². The van der Waals surface area contributed by atoms with E-state index in [2.05, 4.69) is 0 Å². The van der Waals surface area contributed by atoms with Gasteiger partial charge in [0.25, 0.3) is 0 Å². The van der Waals surface area contributed by atoms with Crippen molar-refractivity contribution in [3.63, 3.8) is 0 Å². The predicted octanol–water partition coefficient (Wildman–Crippen LogP) is -0.930. The average molecular weight is 265 g/mol. The van der Waals surface area contributed by atoms with Gasteiger partial charge < -0.3 is 19.8 Å². The molecule has 5 heteroatoms. The topological polar surface area (TPSA) is 80.3 Å². The van der Waals surface area contributed by atoms with E-state index in [-0.39, 0.29) is 39.0 Å². The summed E-state index contributed by atoms with van der Waals surface area (Å²) in [4.78, 5) is 19.0. The van der Waals surface area contributed by atoms with Crippen LogP contribution in [0.4, 0.5) is 0 Å². The van der Waals surface area contributed by atoms with Crippen molar-refractivity contribution in [2.45, 2.75) is 39.5 Å². The molecule has 0 spiro atoms. The molecule has 0 radical (unpaired) electrons. The van der Waals surface area contributed by atoms with Gasteiger partial charge in [-0.3, -0.25) is 0 Å². The Morgan fingerprint density at radius 1 is 0.923 bits per heavy atom. The summed E-state index contributed by atoms with van der Waals surface area (Å²) in [6.45, 7) is 3.60. The Labute approximate surface area is 97.5 Å². The molecule has 0 amide bonds. The smallest absolute Gasteiger partial charge is 0.550 e. The van der Waals surface area contributed by atoms with Gasteiger partial charge in [-0.05, 0) is 12.8 Å². The van der Waals surface area contributed by atoms with Crippen LogP contribution in [-0.4, -0.2) is 11.9 Å². The molecule has 0 aromatic rings. The molecule has 0 saturated heterocycles. The third kappa shape index (κ3) is 33.6. The zero-order chi connectivity index (χ0) is 9.98. The van der Waals surface area contributed by atoms with E-state index in [4.69, 9.17) is 0 Å². The number of rotatable bonds is 4. The molecule has 13 heavy (non-hydrogen) atoms. The van der Waals surface area contributed by atoms with Gasteiger partial charge in [0, 0.05) is 11.9 Å². The number of carbonyl (C=O) groups is 2. The monoisotopic (exact) mass is 264 g/mol. The molecule has 0 aromatic carbocycles. The Morgan fingerprint density at radius 3 is 1.15 bits per heavy atom. The Kier molecular flexibility index (Phi) is 20.5. The molecule has 0 saturated carbocycles. The van der Waals surface area contributed by atoms with Crippen molar-refractivity contribution in [2.24, 2.45) is 0 Å². The minimum absolute atomic E-state index is 0. The second-order valence-corrected chi connectivity index (χ2v) is 2.24. The molecule has 0 atom stereocenters. The average Bonchev–Trinajstić information content (AvgIpc) is 1.87. The molecule has 0 fully saturated rings. The van der Waals surface area contributed by atoms with Crippen LogP contribution in [0.5, 0.6) is 0 Å². The van der Waals surface area contributed by atoms with Crippen LogP contribution in [0.3, 0.4) is 0 Å². The third-order valence-corrected chi connectivity index (χ3v) is 0.908. The largest absolute Gasteiger partial charge is 2.00 e. The van der Waals surface area contributed by atoms with Gasteiger partial charge in [0.2, 0.25) is 0 Å². The molecule has 0 aliphatic carbocycles. The molecule has 0 unspecified atom stereocenters. The Hall–Kier alpha value is -0.177. The summed E-state index contributed by atoms with van der Waals surface area (Å²) in [7, 11) is 0. The molecule has 0 rings (SSSR count). The fraction of sp³-hybridized carbons (Fsp3) is 0.750. The van der Waals surface area contributed by atoms with Gasteiger partial charge in [-0.2, -0.15) is 0 Å². The first-order valence-electron chi connectivity index (χ1n) is 3.94. The summed E-state index contributed by atoms with van der Waals surface area (Å²) in [6.07, 6.45) is 1.70. The maximum atomic E-state index is 9.49. The van der Waals surface area contributed by atoms with E-state index in [9.17, 15) is 19.8 Å². The predicted molar refractivity (Wildman–Crippen MR) is 39.8 cm³/mol. The molecular formula is C8H14O4Zr. The van der Waals surface area contributed by atoms with Gasteiger partial charge in [0.15, 0.2) is 0 Å². The number of carboxylic acid groups (broad SMARTS) is 2. The maximum absolute atomic E-state index is 9.49.